The number of hydrogen-bond donors (Lipinski definition) is 1. The number of rotatable bonds is 4. The van der Waals surface area contributed by atoms with Gasteiger partial charge in [-0.25, -0.2) is 0 Å². The maximum absolute atomic E-state index is 10.8. The number of carbonyl (C=O) groups is 1. The Kier molecular flexibility index (Phi) is 3.98. The van der Waals surface area contributed by atoms with Gasteiger partial charge < -0.3 is 5.73 Å². The average molecular weight is 234 g/mol. The molecule has 0 saturated heterocycles. The Morgan fingerprint density at radius 1 is 1.35 bits per heavy atom. The number of nitro groups is 1. The number of hydrogen-bond acceptors (Lipinski definition) is 3. The molecule has 17 heavy (non-hydrogen) atoms. The first kappa shape index (κ1) is 12.9. The number of carbonyl (C=O) groups excluding carboxylic acids is 1. The molecule has 0 aliphatic carbocycles. The monoisotopic (exact) mass is 234 g/mol. The molecule has 5 heteroatoms. The lowest BCUT2D eigenvalue weighted by molar-refractivity contribution is -0.431. The molecular formula is C12H14N2O3. The van der Waals surface area contributed by atoms with Crippen molar-refractivity contribution in [2.45, 2.75) is 13.8 Å². The van der Waals surface area contributed by atoms with Crippen molar-refractivity contribution >= 4 is 12.0 Å². The van der Waals surface area contributed by atoms with Gasteiger partial charge in [0, 0.05) is 17.6 Å². The predicted octanol–water partition coefficient (Wildman–Crippen LogP) is 2.06. The van der Waals surface area contributed by atoms with Crippen LogP contribution in [0.2, 0.25) is 0 Å². The average Bonchev–Trinajstić information content (AvgIpc) is 2.25. The molecule has 1 aromatic rings. The van der Waals surface area contributed by atoms with E-state index in [4.69, 9.17) is 5.73 Å². The van der Waals surface area contributed by atoms with Gasteiger partial charge in [0.25, 0.3) is 0 Å². The maximum atomic E-state index is 10.8. The minimum Gasteiger partial charge on any atom is -0.366 e. The topological polar surface area (TPSA) is 86.2 Å². The van der Waals surface area contributed by atoms with Crippen LogP contribution in [0.5, 0.6) is 0 Å². The van der Waals surface area contributed by atoms with Gasteiger partial charge in [0.2, 0.25) is 11.6 Å². The summed E-state index contributed by atoms with van der Waals surface area (Å²) < 4.78 is 0. The normalized spacial score (nSPS) is 11.6. The molecule has 0 unspecified atom stereocenters. The van der Waals surface area contributed by atoms with E-state index in [9.17, 15) is 14.9 Å². The van der Waals surface area contributed by atoms with Crippen LogP contribution in [0, 0.1) is 16.0 Å². The summed E-state index contributed by atoms with van der Waals surface area (Å²) in [4.78, 5) is 21.2. The summed E-state index contributed by atoms with van der Waals surface area (Å²) in [6.45, 7) is 3.51. The van der Waals surface area contributed by atoms with E-state index in [0.717, 1.165) is 0 Å². The standard InChI is InChI=1S/C12H14N2O3/c1-8(2)11(14(16)17)7-9-3-5-10(6-4-9)12(13)15/h3-8H,1-2H3,(H2,13,15)/b11-7-. The first-order valence-electron chi connectivity index (χ1n) is 5.17. The molecule has 0 aliphatic rings. The van der Waals surface area contributed by atoms with Crippen LogP contribution in [0.15, 0.2) is 30.0 Å². The molecule has 1 amide bonds. The first-order chi connectivity index (χ1) is 7.91. The lowest BCUT2D eigenvalue weighted by Crippen LogP contribution is -2.10. The molecule has 2 N–H and O–H groups in total. The molecule has 0 fully saturated rings. The Balaban J connectivity index is 3.05. The molecule has 0 aromatic heterocycles. The van der Waals surface area contributed by atoms with Gasteiger partial charge >= 0.3 is 0 Å². The molecular weight excluding hydrogens is 220 g/mol. The highest BCUT2D eigenvalue weighted by atomic mass is 16.6. The van der Waals surface area contributed by atoms with Crippen LogP contribution in [0.1, 0.15) is 29.8 Å². The van der Waals surface area contributed by atoms with Crippen LogP contribution in [-0.2, 0) is 0 Å². The van der Waals surface area contributed by atoms with Crippen molar-refractivity contribution in [2.24, 2.45) is 11.7 Å². The van der Waals surface area contributed by atoms with Crippen molar-refractivity contribution in [2.75, 3.05) is 0 Å². The molecule has 90 valence electrons. The van der Waals surface area contributed by atoms with Gasteiger partial charge in [0.05, 0.1) is 4.92 Å². The van der Waals surface area contributed by atoms with E-state index in [1.165, 1.54) is 6.08 Å². The molecule has 1 aromatic carbocycles. The number of benzene rings is 1. The van der Waals surface area contributed by atoms with E-state index in [0.29, 0.717) is 11.1 Å². The van der Waals surface area contributed by atoms with Gasteiger partial charge in [0.15, 0.2) is 0 Å². The summed E-state index contributed by atoms with van der Waals surface area (Å²) in [5.41, 5.74) is 6.29. The van der Waals surface area contributed by atoms with Crippen LogP contribution < -0.4 is 5.73 Å². The van der Waals surface area contributed by atoms with Gasteiger partial charge in [-0.05, 0) is 17.7 Å². The quantitative estimate of drug-likeness (QED) is 0.639. The molecule has 0 radical (unpaired) electrons. The lowest BCUT2D eigenvalue weighted by Gasteiger charge is -2.02. The van der Waals surface area contributed by atoms with Crippen molar-refractivity contribution in [3.63, 3.8) is 0 Å². The van der Waals surface area contributed by atoms with Crippen LogP contribution in [0.25, 0.3) is 6.08 Å². The maximum Gasteiger partial charge on any atom is 0.249 e. The van der Waals surface area contributed by atoms with Gasteiger partial charge in [-0.15, -0.1) is 0 Å². The molecule has 0 atom stereocenters. The van der Waals surface area contributed by atoms with Gasteiger partial charge in [0.1, 0.15) is 0 Å². The third-order valence-corrected chi connectivity index (χ3v) is 2.31. The van der Waals surface area contributed by atoms with E-state index in [1.54, 1.807) is 38.1 Å². The summed E-state index contributed by atoms with van der Waals surface area (Å²) in [5.74, 6) is -0.681. The van der Waals surface area contributed by atoms with Crippen molar-refractivity contribution in [3.8, 4) is 0 Å². The smallest absolute Gasteiger partial charge is 0.249 e. The largest absolute Gasteiger partial charge is 0.366 e. The molecule has 0 heterocycles. The summed E-state index contributed by atoms with van der Waals surface area (Å²) in [6.07, 6.45) is 1.50. The number of nitrogens with two attached hydrogens (primary N) is 1. The molecule has 0 bridgehead atoms. The summed E-state index contributed by atoms with van der Waals surface area (Å²) >= 11 is 0. The summed E-state index contributed by atoms with van der Waals surface area (Å²) in [7, 11) is 0. The van der Waals surface area contributed by atoms with Gasteiger partial charge in [-0.1, -0.05) is 26.0 Å². The zero-order valence-corrected chi connectivity index (χ0v) is 9.71. The van der Waals surface area contributed by atoms with Crippen LogP contribution in [0.4, 0.5) is 0 Å². The van der Waals surface area contributed by atoms with Crippen LogP contribution >= 0.6 is 0 Å². The fourth-order valence-electron chi connectivity index (χ4n) is 1.34. The Morgan fingerprint density at radius 3 is 2.24 bits per heavy atom. The Labute approximate surface area is 99.1 Å². The van der Waals surface area contributed by atoms with E-state index >= 15 is 0 Å². The molecule has 0 spiro atoms. The second-order valence-corrected chi connectivity index (χ2v) is 3.97. The van der Waals surface area contributed by atoms with Crippen LogP contribution in [-0.4, -0.2) is 10.8 Å². The van der Waals surface area contributed by atoms with Crippen molar-refractivity contribution in [1.29, 1.82) is 0 Å². The second kappa shape index (κ2) is 5.25. The Hall–Kier alpha value is -2.17. The zero-order chi connectivity index (χ0) is 13.0. The molecule has 0 saturated carbocycles. The van der Waals surface area contributed by atoms with Gasteiger partial charge in [-0.3, -0.25) is 14.9 Å². The minimum absolute atomic E-state index is 0.136. The third kappa shape index (κ3) is 3.41. The number of primary amides is 1. The fraction of sp³-hybridized carbons (Fsp3) is 0.250. The van der Waals surface area contributed by atoms with E-state index in [-0.39, 0.29) is 11.6 Å². The van der Waals surface area contributed by atoms with E-state index in [1.807, 2.05) is 0 Å². The van der Waals surface area contributed by atoms with E-state index < -0.39 is 10.8 Å². The highest BCUT2D eigenvalue weighted by Crippen LogP contribution is 2.15. The summed E-state index contributed by atoms with van der Waals surface area (Å²) in [5, 5.41) is 10.8. The molecule has 1 rings (SSSR count). The first-order valence-corrected chi connectivity index (χ1v) is 5.17. The van der Waals surface area contributed by atoms with Crippen molar-refractivity contribution < 1.29 is 9.72 Å². The van der Waals surface area contributed by atoms with Crippen molar-refractivity contribution in [3.05, 3.63) is 51.2 Å². The number of amides is 1. The highest BCUT2D eigenvalue weighted by molar-refractivity contribution is 5.92. The number of allylic oxidation sites excluding steroid dienone is 1. The molecule has 5 nitrogen and oxygen atoms in total. The van der Waals surface area contributed by atoms with Crippen LogP contribution in [0.3, 0.4) is 0 Å². The summed E-state index contributed by atoms with van der Waals surface area (Å²) in [6, 6.07) is 6.36. The van der Waals surface area contributed by atoms with Crippen molar-refractivity contribution in [1.82, 2.24) is 0 Å². The SMILES string of the molecule is CC(C)/C(=C/c1ccc(C(N)=O)cc1)[N+](=O)[O-]. The zero-order valence-electron chi connectivity index (χ0n) is 9.71. The Bertz CT molecular complexity index is 461. The number of nitrogens with zero attached hydrogens (tertiary/aromatic N) is 1. The second-order valence-electron chi connectivity index (χ2n) is 3.97. The fourth-order valence-corrected chi connectivity index (χ4v) is 1.34. The minimum atomic E-state index is -0.515. The predicted molar refractivity (Wildman–Crippen MR) is 64.8 cm³/mol. The van der Waals surface area contributed by atoms with Gasteiger partial charge in [-0.2, -0.15) is 0 Å². The highest BCUT2D eigenvalue weighted by Gasteiger charge is 2.15. The third-order valence-electron chi connectivity index (χ3n) is 2.31. The molecule has 0 aliphatic heterocycles. The lowest BCUT2D eigenvalue weighted by atomic mass is 10.1. The van der Waals surface area contributed by atoms with E-state index in [2.05, 4.69) is 0 Å². The Morgan fingerprint density at radius 2 is 1.88 bits per heavy atom.